The van der Waals surface area contributed by atoms with Gasteiger partial charge in [0.1, 0.15) is 0 Å². The van der Waals surface area contributed by atoms with Crippen molar-refractivity contribution in [1.82, 2.24) is 4.98 Å². The van der Waals surface area contributed by atoms with Crippen LogP contribution in [0.5, 0.6) is 0 Å². The molecule has 25 heavy (non-hydrogen) atoms. The number of benzene rings is 1. The zero-order chi connectivity index (χ0) is 18.4. The van der Waals surface area contributed by atoms with Crippen molar-refractivity contribution in [3.05, 3.63) is 57.7 Å². The van der Waals surface area contributed by atoms with Crippen LogP contribution in [0.1, 0.15) is 48.5 Å². The lowest BCUT2D eigenvalue weighted by atomic mass is 9.91. The molecule has 1 heterocycles. The SMILES string of the molecule is CO/C=C(\c1ccccc1/C=C/c1csc(C(C)C)n1)C(C)C(=O)O. The van der Waals surface area contributed by atoms with Gasteiger partial charge in [-0.2, -0.15) is 0 Å². The van der Waals surface area contributed by atoms with Gasteiger partial charge in [-0.25, -0.2) is 4.98 Å². The number of nitrogens with zero attached hydrogens (tertiary/aromatic N) is 1. The van der Waals surface area contributed by atoms with E-state index in [9.17, 15) is 9.90 Å². The normalized spacial score (nSPS) is 13.4. The van der Waals surface area contributed by atoms with Crippen LogP contribution in [0.3, 0.4) is 0 Å². The van der Waals surface area contributed by atoms with Crippen molar-refractivity contribution in [1.29, 1.82) is 0 Å². The maximum atomic E-state index is 11.4. The highest BCUT2D eigenvalue weighted by molar-refractivity contribution is 7.09. The van der Waals surface area contributed by atoms with Crippen molar-refractivity contribution >= 4 is 35.0 Å². The second kappa shape index (κ2) is 8.62. The minimum atomic E-state index is -0.886. The van der Waals surface area contributed by atoms with E-state index in [1.807, 2.05) is 41.8 Å². The smallest absolute Gasteiger partial charge is 0.310 e. The molecule has 0 aliphatic heterocycles. The van der Waals surface area contributed by atoms with Crippen LogP contribution in [0.15, 0.2) is 35.9 Å². The Kier molecular flexibility index (Phi) is 6.53. The summed E-state index contributed by atoms with van der Waals surface area (Å²) in [6, 6.07) is 7.69. The first kappa shape index (κ1) is 18.9. The molecule has 0 spiro atoms. The third-order valence-electron chi connectivity index (χ3n) is 3.82. The molecule has 5 heteroatoms. The molecule has 1 unspecified atom stereocenters. The largest absolute Gasteiger partial charge is 0.504 e. The molecule has 0 saturated heterocycles. The van der Waals surface area contributed by atoms with Gasteiger partial charge in [-0.3, -0.25) is 4.79 Å². The van der Waals surface area contributed by atoms with Gasteiger partial charge in [-0.1, -0.05) is 44.2 Å². The van der Waals surface area contributed by atoms with Crippen LogP contribution < -0.4 is 0 Å². The van der Waals surface area contributed by atoms with Crippen molar-refractivity contribution in [2.45, 2.75) is 26.7 Å². The summed E-state index contributed by atoms with van der Waals surface area (Å²) in [5, 5.41) is 12.5. The molecule has 2 aromatic rings. The first-order chi connectivity index (χ1) is 11.9. The Morgan fingerprint density at radius 3 is 2.56 bits per heavy atom. The Bertz CT molecular complexity index is 790. The third-order valence-corrected chi connectivity index (χ3v) is 4.98. The second-order valence-corrected chi connectivity index (χ2v) is 6.94. The number of hydrogen-bond acceptors (Lipinski definition) is 4. The first-order valence-corrected chi connectivity index (χ1v) is 9.00. The van der Waals surface area contributed by atoms with E-state index < -0.39 is 11.9 Å². The molecule has 0 aliphatic rings. The van der Waals surface area contributed by atoms with Gasteiger partial charge in [-0.05, 0) is 24.1 Å². The molecule has 1 N–H and O–H groups in total. The van der Waals surface area contributed by atoms with Gasteiger partial charge in [0, 0.05) is 16.9 Å². The Morgan fingerprint density at radius 2 is 1.96 bits per heavy atom. The molecule has 2 rings (SSSR count). The average Bonchev–Trinajstić information content (AvgIpc) is 3.07. The van der Waals surface area contributed by atoms with Gasteiger partial charge < -0.3 is 9.84 Å². The van der Waals surface area contributed by atoms with E-state index >= 15 is 0 Å². The van der Waals surface area contributed by atoms with Crippen LogP contribution in [0.25, 0.3) is 17.7 Å². The van der Waals surface area contributed by atoms with Crippen LogP contribution in [0.2, 0.25) is 0 Å². The van der Waals surface area contributed by atoms with E-state index in [0.29, 0.717) is 11.5 Å². The summed E-state index contributed by atoms with van der Waals surface area (Å²) < 4.78 is 5.12. The lowest BCUT2D eigenvalue weighted by molar-refractivity contribution is -0.139. The zero-order valence-electron chi connectivity index (χ0n) is 14.9. The molecule has 0 aliphatic carbocycles. The maximum absolute atomic E-state index is 11.4. The number of aromatic nitrogens is 1. The Labute approximate surface area is 152 Å². The topological polar surface area (TPSA) is 59.4 Å². The number of aliphatic carboxylic acids is 1. The standard InChI is InChI=1S/C20H23NO3S/c1-13(2)19-21-16(12-25-19)10-9-15-7-5-6-8-17(15)18(11-24-4)14(3)20(22)23/h5-14H,1-4H3,(H,22,23)/b10-9+,18-11-. The highest BCUT2D eigenvalue weighted by Crippen LogP contribution is 2.28. The van der Waals surface area contributed by atoms with Crippen molar-refractivity contribution in [2.75, 3.05) is 7.11 Å². The van der Waals surface area contributed by atoms with E-state index in [-0.39, 0.29) is 0 Å². The molecule has 0 bridgehead atoms. The lowest BCUT2D eigenvalue weighted by Gasteiger charge is -2.14. The molecular weight excluding hydrogens is 334 g/mol. The summed E-state index contributed by atoms with van der Waals surface area (Å²) in [5.41, 5.74) is 3.32. The first-order valence-electron chi connectivity index (χ1n) is 8.12. The minimum Gasteiger partial charge on any atom is -0.504 e. The summed E-state index contributed by atoms with van der Waals surface area (Å²) in [6.07, 6.45) is 5.43. The van der Waals surface area contributed by atoms with Gasteiger partial charge in [0.15, 0.2) is 0 Å². The van der Waals surface area contributed by atoms with Crippen LogP contribution in [0.4, 0.5) is 0 Å². The molecule has 4 nitrogen and oxygen atoms in total. The number of carbonyl (C=O) groups is 1. The number of ether oxygens (including phenoxy) is 1. The monoisotopic (exact) mass is 357 g/mol. The Hall–Kier alpha value is -2.40. The Balaban J connectivity index is 2.37. The number of hydrogen-bond donors (Lipinski definition) is 1. The van der Waals surface area contributed by atoms with Crippen LogP contribution >= 0.6 is 11.3 Å². The maximum Gasteiger partial charge on any atom is 0.310 e. The lowest BCUT2D eigenvalue weighted by Crippen LogP contribution is -2.12. The third kappa shape index (κ3) is 4.79. The van der Waals surface area contributed by atoms with E-state index in [1.165, 1.54) is 13.4 Å². The van der Waals surface area contributed by atoms with Crippen molar-refractivity contribution in [3.63, 3.8) is 0 Å². The van der Waals surface area contributed by atoms with E-state index in [2.05, 4.69) is 18.8 Å². The molecule has 1 aromatic heterocycles. The fourth-order valence-corrected chi connectivity index (χ4v) is 3.18. The summed E-state index contributed by atoms with van der Waals surface area (Å²) >= 11 is 1.65. The molecule has 0 radical (unpaired) electrons. The molecule has 1 atom stereocenters. The quantitative estimate of drug-likeness (QED) is 0.697. The fraction of sp³-hybridized carbons (Fsp3) is 0.300. The molecule has 0 saturated carbocycles. The number of rotatable bonds is 7. The van der Waals surface area contributed by atoms with Gasteiger partial charge >= 0.3 is 5.97 Å². The van der Waals surface area contributed by atoms with Crippen molar-refractivity contribution < 1.29 is 14.6 Å². The predicted octanol–water partition coefficient (Wildman–Crippen LogP) is 5.14. The summed E-state index contributed by atoms with van der Waals surface area (Å²) in [7, 11) is 1.52. The summed E-state index contributed by atoms with van der Waals surface area (Å²) in [5.74, 6) is -1.14. The van der Waals surface area contributed by atoms with Crippen LogP contribution in [-0.2, 0) is 9.53 Å². The molecule has 1 aromatic carbocycles. The van der Waals surface area contributed by atoms with Crippen molar-refractivity contribution in [2.24, 2.45) is 5.92 Å². The molecule has 132 valence electrons. The summed E-state index contributed by atoms with van der Waals surface area (Å²) in [6.45, 7) is 5.90. The van der Waals surface area contributed by atoms with Gasteiger partial charge in [0.25, 0.3) is 0 Å². The Morgan fingerprint density at radius 1 is 1.24 bits per heavy atom. The zero-order valence-corrected chi connectivity index (χ0v) is 15.7. The van der Waals surface area contributed by atoms with E-state index in [4.69, 9.17) is 4.74 Å². The number of methoxy groups -OCH3 is 1. The van der Waals surface area contributed by atoms with Gasteiger partial charge in [0.2, 0.25) is 0 Å². The van der Waals surface area contributed by atoms with E-state index in [0.717, 1.165) is 21.8 Å². The number of thiazole rings is 1. The highest BCUT2D eigenvalue weighted by Gasteiger charge is 2.20. The predicted molar refractivity (Wildman–Crippen MR) is 103 cm³/mol. The molecular formula is C20H23NO3S. The van der Waals surface area contributed by atoms with E-state index in [1.54, 1.807) is 18.3 Å². The number of carboxylic acids is 1. The second-order valence-electron chi connectivity index (χ2n) is 6.05. The number of carboxylic acid groups (broad SMARTS) is 1. The fourth-order valence-electron chi connectivity index (χ4n) is 2.38. The van der Waals surface area contributed by atoms with Crippen LogP contribution in [0, 0.1) is 5.92 Å². The molecule has 0 fully saturated rings. The minimum absolute atomic E-state index is 0.409. The van der Waals surface area contributed by atoms with Gasteiger partial charge in [0.05, 0.1) is 30.0 Å². The summed E-state index contributed by atoms with van der Waals surface area (Å²) in [4.78, 5) is 16.0. The van der Waals surface area contributed by atoms with Crippen molar-refractivity contribution in [3.8, 4) is 0 Å². The molecule has 0 amide bonds. The van der Waals surface area contributed by atoms with Gasteiger partial charge in [-0.15, -0.1) is 11.3 Å². The van der Waals surface area contributed by atoms with Crippen LogP contribution in [-0.4, -0.2) is 23.2 Å². The average molecular weight is 357 g/mol. The highest BCUT2D eigenvalue weighted by atomic mass is 32.1.